The third-order valence-corrected chi connectivity index (χ3v) is 2.05. The van der Waals surface area contributed by atoms with E-state index < -0.39 is 0 Å². The van der Waals surface area contributed by atoms with Gasteiger partial charge in [-0.25, -0.2) is 0 Å². The summed E-state index contributed by atoms with van der Waals surface area (Å²) in [6.07, 6.45) is 4.68. The van der Waals surface area contributed by atoms with Crippen molar-refractivity contribution in [3.63, 3.8) is 0 Å². The molecule has 1 aromatic carbocycles. The highest BCUT2D eigenvalue weighted by molar-refractivity contribution is 5.38. The van der Waals surface area contributed by atoms with Gasteiger partial charge in [0.05, 0.1) is 0 Å². The molecule has 0 radical (unpaired) electrons. The minimum Gasteiger partial charge on any atom is -0.0912 e. The number of rotatable bonds is 0. The van der Waals surface area contributed by atoms with Crippen molar-refractivity contribution in [1.29, 1.82) is 0 Å². The number of hydrogen-bond acceptors (Lipinski definition) is 0. The van der Waals surface area contributed by atoms with Crippen LogP contribution in [0.5, 0.6) is 0 Å². The zero-order valence-corrected chi connectivity index (χ0v) is 5.93. The summed E-state index contributed by atoms with van der Waals surface area (Å²) in [6.45, 7) is 3.96. The molecule has 0 aliphatic heterocycles. The topological polar surface area (TPSA) is 0 Å². The summed E-state index contributed by atoms with van der Waals surface area (Å²) < 4.78 is 0. The van der Waals surface area contributed by atoms with Gasteiger partial charge < -0.3 is 0 Å². The van der Waals surface area contributed by atoms with Crippen LogP contribution in [-0.2, 0) is 6.42 Å². The summed E-state index contributed by atoms with van der Waals surface area (Å²) in [4.78, 5) is 0. The zero-order chi connectivity index (χ0) is 6.97. The molecule has 0 amide bonds. The molecule has 1 aromatic rings. The fraction of sp³-hybridized carbons (Fsp3) is 0.200. The molecule has 0 atom stereocenters. The Morgan fingerprint density at radius 3 is 3.00 bits per heavy atom. The second-order valence-electron chi connectivity index (χ2n) is 2.73. The van der Waals surface area contributed by atoms with Crippen molar-refractivity contribution in [2.24, 2.45) is 0 Å². The lowest BCUT2D eigenvalue weighted by atomic mass is 10.1. The average molecular weight is 130 g/mol. The van der Waals surface area contributed by atoms with Gasteiger partial charge in [0.2, 0.25) is 0 Å². The standard InChI is InChI=1S/C10H10/c1-8-4-2-5-9-6-3-7-10(8)9/h2,4-5,7H,1,3,6H2. The Morgan fingerprint density at radius 2 is 2.20 bits per heavy atom. The van der Waals surface area contributed by atoms with Crippen molar-refractivity contribution in [3.05, 3.63) is 34.2 Å². The first kappa shape index (κ1) is 5.72. The highest BCUT2D eigenvalue weighted by atomic mass is 14.0. The fourth-order valence-corrected chi connectivity index (χ4v) is 1.52. The molecule has 1 aliphatic rings. The van der Waals surface area contributed by atoms with E-state index in [4.69, 9.17) is 0 Å². The van der Waals surface area contributed by atoms with Crippen LogP contribution >= 0.6 is 0 Å². The average Bonchev–Trinajstić information content (AvgIpc) is 2.36. The van der Waals surface area contributed by atoms with E-state index in [1.54, 1.807) is 0 Å². The van der Waals surface area contributed by atoms with Crippen LogP contribution in [0.15, 0.2) is 18.2 Å². The second-order valence-corrected chi connectivity index (χ2v) is 2.73. The molecule has 0 saturated carbocycles. The van der Waals surface area contributed by atoms with E-state index in [1.165, 1.54) is 28.8 Å². The summed E-state index contributed by atoms with van der Waals surface area (Å²) in [5, 5.41) is 2.55. The molecule has 50 valence electrons. The van der Waals surface area contributed by atoms with Gasteiger partial charge in [0, 0.05) is 0 Å². The van der Waals surface area contributed by atoms with Crippen LogP contribution in [0.3, 0.4) is 0 Å². The largest absolute Gasteiger partial charge is 0.0912 e. The lowest BCUT2D eigenvalue weighted by molar-refractivity contribution is 1.08. The van der Waals surface area contributed by atoms with E-state index in [1.807, 2.05) is 0 Å². The van der Waals surface area contributed by atoms with Crippen LogP contribution in [-0.4, -0.2) is 0 Å². The van der Waals surface area contributed by atoms with E-state index in [0.717, 1.165) is 0 Å². The van der Waals surface area contributed by atoms with Crippen LogP contribution in [0.2, 0.25) is 0 Å². The lowest BCUT2D eigenvalue weighted by Gasteiger charge is -1.91. The highest BCUT2D eigenvalue weighted by Gasteiger charge is 2.00. The Hall–Kier alpha value is -1.04. The summed E-state index contributed by atoms with van der Waals surface area (Å²) in [6, 6.07) is 6.34. The minimum absolute atomic E-state index is 1.18. The first-order chi connectivity index (χ1) is 4.88. The van der Waals surface area contributed by atoms with Gasteiger partial charge in [0.25, 0.3) is 0 Å². The normalized spacial score (nSPS) is 14.4. The smallest absolute Gasteiger partial charge is 0.0198 e. The summed E-state index contributed by atoms with van der Waals surface area (Å²) in [5.41, 5.74) is 1.47. The summed E-state index contributed by atoms with van der Waals surface area (Å²) in [7, 11) is 0. The molecule has 0 saturated heterocycles. The van der Waals surface area contributed by atoms with E-state index in [9.17, 15) is 0 Å². The molecular weight excluding hydrogens is 120 g/mol. The molecule has 0 aromatic heterocycles. The van der Waals surface area contributed by atoms with Crippen LogP contribution in [0.1, 0.15) is 12.0 Å². The van der Waals surface area contributed by atoms with E-state index >= 15 is 0 Å². The number of hydrogen-bond donors (Lipinski definition) is 0. The van der Waals surface area contributed by atoms with E-state index in [2.05, 4.69) is 30.9 Å². The molecular formula is C10H10. The van der Waals surface area contributed by atoms with Crippen molar-refractivity contribution >= 4 is 12.7 Å². The Balaban J connectivity index is 2.91. The number of aryl methyl sites for hydroxylation is 1. The highest BCUT2D eigenvalue weighted by Crippen LogP contribution is 2.01. The minimum atomic E-state index is 1.18. The van der Waals surface area contributed by atoms with E-state index in [0.29, 0.717) is 0 Å². The van der Waals surface area contributed by atoms with Gasteiger partial charge >= 0.3 is 0 Å². The molecule has 0 N–H and O–H groups in total. The first-order valence-corrected chi connectivity index (χ1v) is 3.65. The number of fused-ring (bicyclic) bond motifs is 1. The summed E-state index contributed by atoms with van der Waals surface area (Å²) in [5.74, 6) is 0. The molecule has 0 unspecified atom stereocenters. The summed E-state index contributed by atoms with van der Waals surface area (Å²) >= 11 is 0. The predicted octanol–water partition coefficient (Wildman–Crippen LogP) is 0.824. The third kappa shape index (κ3) is 0.688. The zero-order valence-electron chi connectivity index (χ0n) is 5.93. The fourth-order valence-electron chi connectivity index (χ4n) is 1.52. The first-order valence-electron chi connectivity index (χ1n) is 3.65. The van der Waals surface area contributed by atoms with Crippen LogP contribution in [0, 0.1) is 0 Å². The Labute approximate surface area is 60.5 Å². The van der Waals surface area contributed by atoms with Gasteiger partial charge in [-0.15, -0.1) is 0 Å². The van der Waals surface area contributed by atoms with Gasteiger partial charge in [0.15, 0.2) is 0 Å². The van der Waals surface area contributed by atoms with E-state index in [-0.39, 0.29) is 0 Å². The van der Waals surface area contributed by atoms with Gasteiger partial charge in [-0.3, -0.25) is 0 Å². The molecule has 10 heavy (non-hydrogen) atoms. The van der Waals surface area contributed by atoms with Gasteiger partial charge in [-0.1, -0.05) is 30.9 Å². The quantitative estimate of drug-likeness (QED) is 0.488. The second kappa shape index (κ2) is 1.98. The van der Waals surface area contributed by atoms with Crippen molar-refractivity contribution in [1.82, 2.24) is 0 Å². The predicted molar refractivity (Wildman–Crippen MR) is 44.0 cm³/mol. The van der Waals surface area contributed by atoms with Crippen molar-refractivity contribution in [2.45, 2.75) is 12.8 Å². The van der Waals surface area contributed by atoms with Crippen LogP contribution < -0.4 is 10.4 Å². The maximum absolute atomic E-state index is 3.96. The number of benzene rings is 1. The van der Waals surface area contributed by atoms with Gasteiger partial charge in [-0.2, -0.15) is 0 Å². The van der Waals surface area contributed by atoms with Gasteiger partial charge in [0.1, 0.15) is 0 Å². The SMILES string of the molecule is C=c1cccc2c1=CCC2. The molecule has 0 fully saturated rings. The van der Waals surface area contributed by atoms with Crippen LogP contribution in [0.4, 0.5) is 0 Å². The molecule has 0 nitrogen and oxygen atoms in total. The van der Waals surface area contributed by atoms with Crippen LogP contribution in [0.25, 0.3) is 12.7 Å². The third-order valence-electron chi connectivity index (χ3n) is 2.05. The van der Waals surface area contributed by atoms with Crippen molar-refractivity contribution in [3.8, 4) is 0 Å². The van der Waals surface area contributed by atoms with Gasteiger partial charge in [-0.05, 0) is 28.8 Å². The van der Waals surface area contributed by atoms with Crippen molar-refractivity contribution in [2.75, 3.05) is 0 Å². The molecule has 0 bridgehead atoms. The molecule has 1 aliphatic carbocycles. The Kier molecular flexibility index (Phi) is 1.13. The molecule has 0 spiro atoms. The monoisotopic (exact) mass is 130 g/mol. The molecule has 0 heteroatoms. The maximum atomic E-state index is 3.96. The Morgan fingerprint density at radius 1 is 1.30 bits per heavy atom. The Bertz CT molecular complexity index is 347. The molecule has 0 heterocycles. The van der Waals surface area contributed by atoms with Crippen molar-refractivity contribution < 1.29 is 0 Å². The maximum Gasteiger partial charge on any atom is -0.0198 e. The lowest BCUT2D eigenvalue weighted by Crippen LogP contribution is -2.23. The molecule has 2 rings (SSSR count).